The second-order valence-electron chi connectivity index (χ2n) is 6.43. The average Bonchev–Trinajstić information content (AvgIpc) is 2.70. The van der Waals surface area contributed by atoms with E-state index < -0.39 is 0 Å². The smallest absolute Gasteiger partial charge is 0.257 e. The van der Waals surface area contributed by atoms with Crippen LogP contribution in [-0.4, -0.2) is 22.6 Å². The maximum absolute atomic E-state index is 12.5. The molecule has 1 heterocycles. The Balaban J connectivity index is 1.67. The van der Waals surface area contributed by atoms with Crippen LogP contribution in [0.4, 0.5) is 22.7 Å². The van der Waals surface area contributed by atoms with Crippen LogP contribution in [0.1, 0.15) is 34.6 Å². The fourth-order valence-corrected chi connectivity index (χ4v) is 2.63. The van der Waals surface area contributed by atoms with Gasteiger partial charge >= 0.3 is 0 Å². The maximum Gasteiger partial charge on any atom is 0.257 e. The number of pyridine rings is 1. The van der Waals surface area contributed by atoms with Crippen molar-refractivity contribution in [3.8, 4) is 0 Å². The zero-order valence-corrected chi connectivity index (χ0v) is 16.0. The van der Waals surface area contributed by atoms with Gasteiger partial charge in [-0.2, -0.15) is 0 Å². The summed E-state index contributed by atoms with van der Waals surface area (Å²) in [6, 6.07) is 15.6. The number of benzene rings is 2. The standard InChI is InChI=1S/C22H20N4O3/c1-14(27)16-3-5-20(6-4-16)26-22(29)17-11-21(13-23-12-17)25-19-9-7-18(8-10-19)24-15(2)28/h3-13,25H,1-2H3,(H,24,28)(H,26,29). The van der Waals surface area contributed by atoms with Gasteiger partial charge in [0.15, 0.2) is 5.78 Å². The molecule has 7 heteroatoms. The molecule has 0 saturated heterocycles. The van der Waals surface area contributed by atoms with Crippen LogP contribution in [0.2, 0.25) is 0 Å². The minimum Gasteiger partial charge on any atom is -0.354 e. The van der Waals surface area contributed by atoms with Crippen LogP contribution in [0.3, 0.4) is 0 Å². The quantitative estimate of drug-likeness (QED) is 0.549. The number of aromatic nitrogens is 1. The zero-order chi connectivity index (χ0) is 20.8. The highest BCUT2D eigenvalue weighted by Gasteiger charge is 2.09. The van der Waals surface area contributed by atoms with E-state index in [1.54, 1.807) is 48.7 Å². The SMILES string of the molecule is CC(=O)Nc1ccc(Nc2cncc(C(=O)Nc3ccc(C(C)=O)cc3)c2)cc1. The Morgan fingerprint density at radius 1 is 0.690 bits per heavy atom. The average molecular weight is 388 g/mol. The van der Waals surface area contributed by atoms with Crippen molar-refractivity contribution < 1.29 is 14.4 Å². The number of ketones is 1. The van der Waals surface area contributed by atoms with Gasteiger partial charge in [0, 0.05) is 35.7 Å². The third-order valence-corrected chi connectivity index (χ3v) is 4.04. The lowest BCUT2D eigenvalue weighted by Crippen LogP contribution is -2.12. The molecule has 0 aliphatic carbocycles. The maximum atomic E-state index is 12.5. The second kappa shape index (κ2) is 8.79. The first kappa shape index (κ1) is 19.8. The summed E-state index contributed by atoms with van der Waals surface area (Å²) in [5, 5.41) is 8.66. The first-order valence-electron chi connectivity index (χ1n) is 8.93. The molecule has 0 unspecified atom stereocenters. The van der Waals surface area contributed by atoms with E-state index in [1.807, 2.05) is 12.1 Å². The molecule has 0 aliphatic heterocycles. The Morgan fingerprint density at radius 2 is 1.28 bits per heavy atom. The second-order valence-corrected chi connectivity index (χ2v) is 6.43. The van der Waals surface area contributed by atoms with Crippen molar-refractivity contribution in [3.05, 3.63) is 78.1 Å². The fourth-order valence-electron chi connectivity index (χ4n) is 2.63. The van der Waals surface area contributed by atoms with E-state index in [4.69, 9.17) is 0 Å². The number of hydrogen-bond acceptors (Lipinski definition) is 5. The molecule has 0 spiro atoms. The van der Waals surface area contributed by atoms with Gasteiger partial charge in [-0.05, 0) is 61.5 Å². The first-order valence-corrected chi connectivity index (χ1v) is 8.93. The van der Waals surface area contributed by atoms with Gasteiger partial charge in [-0.25, -0.2) is 0 Å². The van der Waals surface area contributed by atoms with Gasteiger partial charge in [-0.1, -0.05) is 0 Å². The number of nitrogens with one attached hydrogen (secondary N) is 3. The van der Waals surface area contributed by atoms with E-state index in [0.717, 1.165) is 5.69 Å². The summed E-state index contributed by atoms with van der Waals surface area (Å²) in [4.78, 5) is 39.0. The van der Waals surface area contributed by atoms with E-state index in [0.29, 0.717) is 28.2 Å². The van der Waals surface area contributed by atoms with Crippen molar-refractivity contribution in [2.75, 3.05) is 16.0 Å². The number of Topliss-reactive ketones (excluding diaryl/α,β-unsaturated/α-hetero) is 1. The fraction of sp³-hybridized carbons (Fsp3) is 0.0909. The lowest BCUT2D eigenvalue weighted by atomic mass is 10.1. The first-order chi connectivity index (χ1) is 13.9. The Kier molecular flexibility index (Phi) is 5.99. The third-order valence-electron chi connectivity index (χ3n) is 4.04. The predicted molar refractivity (Wildman–Crippen MR) is 113 cm³/mol. The van der Waals surface area contributed by atoms with Crippen molar-refractivity contribution >= 4 is 40.3 Å². The van der Waals surface area contributed by atoms with Crippen LogP contribution >= 0.6 is 0 Å². The van der Waals surface area contributed by atoms with Gasteiger partial charge < -0.3 is 16.0 Å². The summed E-state index contributed by atoms with van der Waals surface area (Å²) in [6.07, 6.45) is 3.09. The Labute approximate surface area is 168 Å². The largest absolute Gasteiger partial charge is 0.354 e. The lowest BCUT2D eigenvalue weighted by Gasteiger charge is -2.10. The summed E-state index contributed by atoms with van der Waals surface area (Å²) in [7, 11) is 0. The monoisotopic (exact) mass is 388 g/mol. The zero-order valence-electron chi connectivity index (χ0n) is 16.0. The van der Waals surface area contributed by atoms with Crippen LogP contribution in [0.25, 0.3) is 0 Å². The number of anilines is 4. The number of rotatable bonds is 6. The van der Waals surface area contributed by atoms with Gasteiger partial charge in [0.1, 0.15) is 0 Å². The topological polar surface area (TPSA) is 100 Å². The number of carbonyl (C=O) groups excluding carboxylic acids is 3. The Morgan fingerprint density at radius 3 is 1.90 bits per heavy atom. The molecule has 3 aromatic rings. The van der Waals surface area contributed by atoms with Gasteiger partial charge in [0.2, 0.25) is 5.91 Å². The summed E-state index contributed by atoms with van der Waals surface area (Å²) >= 11 is 0. The molecular formula is C22H20N4O3. The lowest BCUT2D eigenvalue weighted by molar-refractivity contribution is -0.114. The molecular weight excluding hydrogens is 368 g/mol. The van der Waals surface area contributed by atoms with E-state index >= 15 is 0 Å². The summed E-state index contributed by atoms with van der Waals surface area (Å²) < 4.78 is 0. The van der Waals surface area contributed by atoms with Crippen LogP contribution in [0.15, 0.2) is 67.0 Å². The molecule has 0 radical (unpaired) electrons. The molecule has 146 valence electrons. The molecule has 3 N–H and O–H groups in total. The molecule has 2 aromatic carbocycles. The highest BCUT2D eigenvalue weighted by molar-refractivity contribution is 6.05. The minimum atomic E-state index is -0.308. The molecule has 0 atom stereocenters. The van der Waals surface area contributed by atoms with Crippen LogP contribution in [0.5, 0.6) is 0 Å². The predicted octanol–water partition coefficient (Wildman–Crippen LogP) is 4.24. The summed E-state index contributed by atoms with van der Waals surface area (Å²) in [5.74, 6) is -0.474. The Bertz CT molecular complexity index is 1040. The number of amides is 2. The highest BCUT2D eigenvalue weighted by atomic mass is 16.2. The van der Waals surface area contributed by atoms with Crippen LogP contribution in [0, 0.1) is 0 Å². The van der Waals surface area contributed by atoms with Gasteiger partial charge in [-0.3, -0.25) is 19.4 Å². The van der Waals surface area contributed by atoms with E-state index in [2.05, 4.69) is 20.9 Å². The summed E-state index contributed by atoms with van der Waals surface area (Å²) in [6.45, 7) is 2.94. The van der Waals surface area contributed by atoms with E-state index in [-0.39, 0.29) is 17.6 Å². The van der Waals surface area contributed by atoms with Crippen molar-refractivity contribution in [1.29, 1.82) is 0 Å². The molecule has 3 rings (SSSR count). The third kappa shape index (κ3) is 5.49. The molecule has 7 nitrogen and oxygen atoms in total. The highest BCUT2D eigenvalue weighted by Crippen LogP contribution is 2.20. The molecule has 0 bridgehead atoms. The van der Waals surface area contributed by atoms with Crippen molar-refractivity contribution in [2.24, 2.45) is 0 Å². The normalized spacial score (nSPS) is 10.1. The van der Waals surface area contributed by atoms with Gasteiger partial charge in [0.25, 0.3) is 5.91 Å². The summed E-state index contributed by atoms with van der Waals surface area (Å²) in [5.41, 5.74) is 3.70. The number of hydrogen-bond donors (Lipinski definition) is 3. The Hall–Kier alpha value is -4.00. The molecule has 0 aliphatic rings. The van der Waals surface area contributed by atoms with Crippen LogP contribution in [-0.2, 0) is 4.79 Å². The van der Waals surface area contributed by atoms with Gasteiger partial charge in [0.05, 0.1) is 17.4 Å². The molecule has 0 saturated carbocycles. The van der Waals surface area contributed by atoms with Crippen LogP contribution < -0.4 is 16.0 Å². The molecule has 1 aromatic heterocycles. The number of nitrogens with zero attached hydrogens (tertiary/aromatic N) is 1. The molecule has 29 heavy (non-hydrogen) atoms. The van der Waals surface area contributed by atoms with E-state index in [9.17, 15) is 14.4 Å². The minimum absolute atomic E-state index is 0.0315. The van der Waals surface area contributed by atoms with Gasteiger partial charge in [-0.15, -0.1) is 0 Å². The van der Waals surface area contributed by atoms with Crippen molar-refractivity contribution in [1.82, 2.24) is 4.98 Å². The number of carbonyl (C=O) groups is 3. The molecule has 2 amide bonds. The molecule has 0 fully saturated rings. The van der Waals surface area contributed by atoms with E-state index in [1.165, 1.54) is 20.0 Å². The van der Waals surface area contributed by atoms with Crippen molar-refractivity contribution in [3.63, 3.8) is 0 Å². The van der Waals surface area contributed by atoms with Crippen molar-refractivity contribution in [2.45, 2.75) is 13.8 Å².